The quantitative estimate of drug-likeness (QED) is 0.257. The van der Waals surface area contributed by atoms with Gasteiger partial charge in [0, 0.05) is 72.1 Å². The van der Waals surface area contributed by atoms with Gasteiger partial charge in [-0.1, -0.05) is 24.1 Å². The Balaban J connectivity index is 1.11. The van der Waals surface area contributed by atoms with Crippen molar-refractivity contribution in [3.05, 3.63) is 53.3 Å². The Labute approximate surface area is 274 Å². The monoisotopic (exact) mass is 633 g/mol. The lowest BCUT2D eigenvalue weighted by atomic mass is 9.91. The molecule has 5 fully saturated rings. The average molecular weight is 634 g/mol. The van der Waals surface area contributed by atoms with Crippen molar-refractivity contribution in [3.8, 4) is 35.2 Å². The number of hydrogen-bond acceptors (Lipinski definition) is 8. The van der Waals surface area contributed by atoms with Crippen molar-refractivity contribution in [1.29, 1.82) is 0 Å². The number of morpholine rings is 1. The van der Waals surface area contributed by atoms with Gasteiger partial charge in [-0.25, -0.2) is 4.39 Å². The Morgan fingerprint density at radius 3 is 2.64 bits per heavy atom. The second-order valence-electron chi connectivity index (χ2n) is 14.7. The Morgan fingerprint density at radius 2 is 1.89 bits per heavy atom. The molecule has 2 unspecified atom stereocenters. The molecule has 4 heterocycles. The van der Waals surface area contributed by atoms with Crippen LogP contribution in [0.5, 0.6) is 11.8 Å². The Kier molecular flexibility index (Phi) is 6.69. The first-order valence-electron chi connectivity index (χ1n) is 17.0. The number of halogens is 1. The minimum absolute atomic E-state index is 0.0464. The number of nitrogens with one attached hydrogen (secondary N) is 1. The molecule has 3 saturated heterocycles. The summed E-state index contributed by atoms with van der Waals surface area (Å²) < 4.78 is 29.5. The van der Waals surface area contributed by atoms with E-state index in [0.717, 1.165) is 94.2 Å². The third kappa shape index (κ3) is 5.18. The highest BCUT2D eigenvalue weighted by molar-refractivity contribution is 6.04. The zero-order chi connectivity index (χ0) is 31.9. The van der Waals surface area contributed by atoms with Crippen LogP contribution in [0.4, 0.5) is 10.2 Å². The maximum atomic E-state index is 17.0. The van der Waals surface area contributed by atoms with E-state index in [1.54, 1.807) is 18.2 Å². The molecule has 3 aromatic carbocycles. The second-order valence-corrected chi connectivity index (χ2v) is 14.7. The number of phenols is 1. The van der Waals surface area contributed by atoms with Crippen LogP contribution in [0.3, 0.4) is 0 Å². The number of hydrogen-bond donors (Lipinski definition) is 2. The van der Waals surface area contributed by atoms with E-state index < -0.39 is 5.82 Å². The first-order chi connectivity index (χ1) is 22.8. The molecular formula is C38H40FN5O3. The number of nitrogens with zero attached hydrogens (tertiary/aromatic N) is 4. The van der Waals surface area contributed by atoms with Crippen LogP contribution in [0.25, 0.3) is 32.8 Å². The van der Waals surface area contributed by atoms with E-state index >= 15 is 4.39 Å². The minimum Gasteiger partial charge on any atom is -0.508 e. The van der Waals surface area contributed by atoms with Crippen LogP contribution in [0, 0.1) is 30.5 Å². The number of fused-ring (bicyclic) bond motifs is 4. The topological polar surface area (TPSA) is 83.0 Å². The highest BCUT2D eigenvalue weighted by Gasteiger charge is 2.51. The van der Waals surface area contributed by atoms with Gasteiger partial charge in [-0.15, -0.1) is 6.42 Å². The fourth-order valence-electron chi connectivity index (χ4n) is 8.28. The van der Waals surface area contributed by atoms with E-state index in [0.29, 0.717) is 46.6 Å². The first kappa shape index (κ1) is 29.2. The molecule has 4 aromatic rings. The summed E-state index contributed by atoms with van der Waals surface area (Å²) in [4.78, 5) is 14.5. The van der Waals surface area contributed by atoms with E-state index in [-0.39, 0.29) is 28.3 Å². The van der Waals surface area contributed by atoms with Crippen molar-refractivity contribution >= 4 is 27.5 Å². The van der Waals surface area contributed by atoms with Crippen molar-refractivity contribution in [2.24, 2.45) is 5.41 Å². The first-order valence-corrected chi connectivity index (χ1v) is 17.0. The number of ether oxygens (including phenoxy) is 2. The van der Waals surface area contributed by atoms with Crippen LogP contribution >= 0.6 is 0 Å². The fourth-order valence-corrected chi connectivity index (χ4v) is 8.28. The molecule has 2 bridgehead atoms. The lowest BCUT2D eigenvalue weighted by Gasteiger charge is -2.35. The van der Waals surface area contributed by atoms with Gasteiger partial charge in [0.1, 0.15) is 17.1 Å². The largest absolute Gasteiger partial charge is 0.508 e. The smallest absolute Gasteiger partial charge is 0.319 e. The molecule has 1 aromatic heterocycles. The number of aryl methyl sites for hydroxylation is 1. The van der Waals surface area contributed by atoms with Crippen LogP contribution < -0.4 is 15.0 Å². The van der Waals surface area contributed by atoms with Crippen LogP contribution in [-0.4, -0.2) is 83.6 Å². The van der Waals surface area contributed by atoms with Crippen LogP contribution in [0.1, 0.15) is 49.7 Å². The summed E-state index contributed by atoms with van der Waals surface area (Å²) >= 11 is 0. The average Bonchev–Trinajstić information content (AvgIpc) is 3.98. The van der Waals surface area contributed by atoms with Crippen molar-refractivity contribution in [1.82, 2.24) is 20.2 Å². The number of benzene rings is 3. The Morgan fingerprint density at radius 1 is 1.09 bits per heavy atom. The highest BCUT2D eigenvalue weighted by atomic mass is 19.1. The molecule has 242 valence electrons. The third-order valence-corrected chi connectivity index (χ3v) is 11.2. The van der Waals surface area contributed by atoms with Gasteiger partial charge >= 0.3 is 6.01 Å². The normalized spacial score (nSPS) is 24.1. The minimum atomic E-state index is -0.477. The van der Waals surface area contributed by atoms with Crippen LogP contribution in [0.2, 0.25) is 0 Å². The van der Waals surface area contributed by atoms with Gasteiger partial charge in [-0.2, -0.15) is 9.97 Å². The van der Waals surface area contributed by atoms with Crippen molar-refractivity contribution in [2.45, 2.75) is 63.1 Å². The van der Waals surface area contributed by atoms with Gasteiger partial charge in [-0.05, 0) is 80.2 Å². The van der Waals surface area contributed by atoms with Gasteiger partial charge in [-0.3, -0.25) is 4.90 Å². The molecule has 9 rings (SSSR count). The maximum Gasteiger partial charge on any atom is 0.319 e. The van der Waals surface area contributed by atoms with Crippen molar-refractivity contribution < 1.29 is 19.0 Å². The van der Waals surface area contributed by atoms with E-state index in [4.69, 9.17) is 25.9 Å². The predicted molar refractivity (Wildman–Crippen MR) is 180 cm³/mol. The lowest BCUT2D eigenvalue weighted by Crippen LogP contribution is -2.51. The molecule has 2 N–H and O–H groups in total. The summed E-state index contributed by atoms with van der Waals surface area (Å²) in [5, 5.41) is 16.5. The van der Waals surface area contributed by atoms with Gasteiger partial charge in [0.15, 0.2) is 5.82 Å². The third-order valence-electron chi connectivity index (χ3n) is 11.2. The van der Waals surface area contributed by atoms with E-state index in [1.807, 2.05) is 25.1 Å². The fraction of sp³-hybridized carbons (Fsp3) is 0.474. The number of anilines is 1. The summed E-state index contributed by atoms with van der Waals surface area (Å²) in [6.07, 6.45) is 12.7. The summed E-state index contributed by atoms with van der Waals surface area (Å²) in [6.45, 7) is 7.75. The molecule has 47 heavy (non-hydrogen) atoms. The molecule has 9 heteroatoms. The second kappa shape index (κ2) is 10.8. The molecule has 8 nitrogen and oxygen atoms in total. The van der Waals surface area contributed by atoms with Gasteiger partial charge in [0.05, 0.1) is 18.8 Å². The predicted octanol–water partition coefficient (Wildman–Crippen LogP) is 5.55. The molecule has 3 aliphatic heterocycles. The number of aromatic hydroxyl groups is 1. The number of piperazine rings is 1. The van der Waals surface area contributed by atoms with Crippen LogP contribution in [-0.2, 0) is 4.74 Å². The highest BCUT2D eigenvalue weighted by Crippen LogP contribution is 2.49. The van der Waals surface area contributed by atoms with Crippen LogP contribution in [0.15, 0.2) is 36.4 Å². The van der Waals surface area contributed by atoms with Gasteiger partial charge in [0.2, 0.25) is 0 Å². The number of terminal acetylenes is 1. The zero-order valence-corrected chi connectivity index (χ0v) is 26.8. The molecule has 2 saturated carbocycles. The SMILES string of the molecule is C#Cc1c(C)ccc2cc(O)cc(-c3ccc4c(N5CC6CCC(C5)N6)nc(OCC5(CN6CCOC7(CC7)C6)CC5)nc4c3F)c12. The van der Waals surface area contributed by atoms with Gasteiger partial charge < -0.3 is 24.8 Å². The summed E-state index contributed by atoms with van der Waals surface area (Å²) in [5.74, 6) is 3.08. The molecule has 2 atom stereocenters. The number of rotatable bonds is 7. The number of phenolic OH excluding ortho intramolecular Hbond substituents is 1. The summed E-state index contributed by atoms with van der Waals surface area (Å²) in [6, 6.07) is 11.8. The van der Waals surface area contributed by atoms with E-state index in [2.05, 4.69) is 21.0 Å². The Hall–Kier alpha value is -3.97. The summed E-state index contributed by atoms with van der Waals surface area (Å²) in [5.41, 5.74) is 2.83. The van der Waals surface area contributed by atoms with E-state index in [9.17, 15) is 5.11 Å². The molecule has 0 radical (unpaired) electrons. The lowest BCUT2D eigenvalue weighted by molar-refractivity contribution is -0.0532. The molecule has 2 aliphatic carbocycles. The molecule has 5 aliphatic rings. The van der Waals surface area contributed by atoms with Gasteiger partial charge in [0.25, 0.3) is 0 Å². The van der Waals surface area contributed by atoms with Crippen molar-refractivity contribution in [3.63, 3.8) is 0 Å². The molecule has 1 spiro atoms. The maximum absolute atomic E-state index is 17.0. The summed E-state index contributed by atoms with van der Waals surface area (Å²) in [7, 11) is 0. The standard InChI is InChI=1S/C38H40FN5O3/c1-3-28-23(2)4-5-24-16-27(45)17-31(32(24)28)29-8-9-30-34(33(29)39)41-36(42-35(30)44-18-25-6-7-26(19-44)40-25)46-22-37(10-11-37)20-43-14-15-47-38(21-43)12-13-38/h1,4-5,8-9,16-17,25-26,40,45H,6-7,10-15,18-22H2,2H3. The Bertz CT molecular complexity index is 1950. The zero-order valence-electron chi connectivity index (χ0n) is 26.8. The molecule has 0 amide bonds. The van der Waals surface area contributed by atoms with Crippen molar-refractivity contribution in [2.75, 3.05) is 50.8 Å². The molecular weight excluding hydrogens is 593 g/mol. The van der Waals surface area contributed by atoms with E-state index in [1.165, 1.54) is 0 Å². The number of aromatic nitrogens is 2.